The molecule has 1 N–H and O–H groups in total. The Balaban J connectivity index is 1.45. The van der Waals surface area contributed by atoms with Crippen molar-refractivity contribution in [2.75, 3.05) is 12.4 Å². The number of nitrogens with zero attached hydrogens (tertiary/aromatic N) is 3. The molecule has 4 aromatic rings. The minimum Gasteiger partial charge on any atom is -0.459 e. The molecular weight excluding hydrogens is 404 g/mol. The van der Waals surface area contributed by atoms with E-state index in [1.807, 2.05) is 48.9 Å². The third-order valence-corrected chi connectivity index (χ3v) is 5.32. The number of furan rings is 1. The largest absolute Gasteiger partial charge is 0.459 e. The van der Waals surface area contributed by atoms with Gasteiger partial charge in [0, 0.05) is 36.1 Å². The van der Waals surface area contributed by atoms with Crippen LogP contribution in [0, 0.1) is 13.8 Å². The van der Waals surface area contributed by atoms with Crippen LogP contribution in [-0.4, -0.2) is 33.5 Å². The zero-order chi connectivity index (χ0) is 22.7. The van der Waals surface area contributed by atoms with E-state index in [1.54, 1.807) is 48.3 Å². The Morgan fingerprint density at radius 2 is 1.72 bits per heavy atom. The molecule has 0 bridgehead atoms. The van der Waals surface area contributed by atoms with Crippen LogP contribution in [0.5, 0.6) is 0 Å². The van der Waals surface area contributed by atoms with E-state index in [2.05, 4.69) is 10.4 Å². The predicted octanol–water partition coefficient (Wildman–Crippen LogP) is 4.61. The summed E-state index contributed by atoms with van der Waals surface area (Å²) in [4.78, 5) is 26.7. The maximum absolute atomic E-state index is 13.0. The number of para-hydroxylation sites is 1. The number of carbonyl (C=O) groups is 2. The first kappa shape index (κ1) is 21.1. The van der Waals surface area contributed by atoms with E-state index in [0.29, 0.717) is 17.8 Å². The van der Waals surface area contributed by atoms with Crippen LogP contribution in [0.4, 0.5) is 5.69 Å². The fourth-order valence-corrected chi connectivity index (χ4v) is 3.55. The number of anilines is 1. The number of carbonyl (C=O) groups excluding carboxylic acids is 2. The van der Waals surface area contributed by atoms with Gasteiger partial charge in [0.05, 0.1) is 17.6 Å². The summed E-state index contributed by atoms with van der Waals surface area (Å²) in [7, 11) is 1.77. The van der Waals surface area contributed by atoms with Crippen LogP contribution in [0.15, 0.2) is 77.4 Å². The Hall–Kier alpha value is -4.13. The Labute approximate surface area is 186 Å². The summed E-state index contributed by atoms with van der Waals surface area (Å²) in [6.07, 6.45) is 1.44. The van der Waals surface area contributed by atoms with Gasteiger partial charge in [0.1, 0.15) is 0 Å². The molecule has 4 rings (SSSR count). The second-order valence-corrected chi connectivity index (χ2v) is 7.57. The van der Waals surface area contributed by atoms with Gasteiger partial charge in [-0.2, -0.15) is 5.10 Å². The molecule has 32 heavy (non-hydrogen) atoms. The maximum atomic E-state index is 13.0. The van der Waals surface area contributed by atoms with Crippen molar-refractivity contribution in [3.63, 3.8) is 0 Å². The van der Waals surface area contributed by atoms with Crippen LogP contribution in [0.2, 0.25) is 0 Å². The number of hydrogen-bond acceptors (Lipinski definition) is 4. The zero-order valence-electron chi connectivity index (χ0n) is 18.2. The molecule has 0 saturated carbocycles. The quantitative estimate of drug-likeness (QED) is 0.486. The third kappa shape index (κ3) is 4.32. The molecule has 2 heterocycles. The van der Waals surface area contributed by atoms with E-state index >= 15 is 0 Å². The van der Waals surface area contributed by atoms with Gasteiger partial charge in [-0.15, -0.1) is 0 Å². The molecule has 7 heteroatoms. The highest BCUT2D eigenvalue weighted by molar-refractivity contribution is 6.02. The Bertz CT molecular complexity index is 1230. The van der Waals surface area contributed by atoms with Crippen molar-refractivity contribution in [2.45, 2.75) is 20.4 Å². The summed E-state index contributed by atoms with van der Waals surface area (Å²) in [5.74, 6) is -0.223. The minimum atomic E-state index is -0.340. The van der Waals surface area contributed by atoms with Crippen molar-refractivity contribution in [1.29, 1.82) is 0 Å². The first-order chi connectivity index (χ1) is 15.4. The highest BCUT2D eigenvalue weighted by Gasteiger charge is 2.18. The lowest BCUT2D eigenvalue weighted by molar-refractivity contribution is 0.0784. The van der Waals surface area contributed by atoms with Crippen LogP contribution in [0.1, 0.15) is 37.9 Å². The van der Waals surface area contributed by atoms with Crippen LogP contribution in [-0.2, 0) is 6.54 Å². The number of nitrogens with one attached hydrogen (secondary N) is 1. The Kier molecular flexibility index (Phi) is 5.89. The molecule has 0 aliphatic rings. The third-order valence-electron chi connectivity index (χ3n) is 5.32. The van der Waals surface area contributed by atoms with Gasteiger partial charge in [-0.1, -0.05) is 18.2 Å². The van der Waals surface area contributed by atoms with Crippen molar-refractivity contribution in [2.24, 2.45) is 0 Å². The second-order valence-electron chi connectivity index (χ2n) is 7.57. The van der Waals surface area contributed by atoms with E-state index < -0.39 is 0 Å². The second kappa shape index (κ2) is 8.93. The maximum Gasteiger partial charge on any atom is 0.291 e. The molecule has 0 atom stereocenters. The standard InChI is InChI=1S/C25H24N4O3/c1-17-22(18(2)29(27-17)21-8-5-4-6-9-21)16-28(3)25(31)19-11-13-20(14-12-19)26-24(30)23-10-7-15-32-23/h4-15H,16H2,1-3H3,(H,26,30). The molecule has 2 aromatic heterocycles. The van der Waals surface area contributed by atoms with E-state index in [9.17, 15) is 9.59 Å². The molecule has 162 valence electrons. The van der Waals surface area contributed by atoms with Crippen LogP contribution >= 0.6 is 0 Å². The number of aryl methyl sites for hydroxylation is 1. The SMILES string of the molecule is Cc1nn(-c2ccccc2)c(C)c1CN(C)C(=O)c1ccc(NC(=O)c2ccco2)cc1. The van der Waals surface area contributed by atoms with E-state index in [4.69, 9.17) is 4.42 Å². The van der Waals surface area contributed by atoms with Gasteiger partial charge in [-0.25, -0.2) is 4.68 Å². The normalized spacial score (nSPS) is 10.7. The number of hydrogen-bond donors (Lipinski definition) is 1. The van der Waals surface area contributed by atoms with Gasteiger partial charge in [0.2, 0.25) is 0 Å². The van der Waals surface area contributed by atoms with Crippen molar-refractivity contribution < 1.29 is 14.0 Å². The van der Waals surface area contributed by atoms with Gasteiger partial charge in [0.15, 0.2) is 5.76 Å². The molecule has 0 radical (unpaired) electrons. The highest BCUT2D eigenvalue weighted by Crippen LogP contribution is 2.20. The molecule has 7 nitrogen and oxygen atoms in total. The van der Waals surface area contributed by atoms with E-state index in [0.717, 1.165) is 22.6 Å². The van der Waals surface area contributed by atoms with Gasteiger partial charge < -0.3 is 14.6 Å². The zero-order valence-corrected chi connectivity index (χ0v) is 18.2. The van der Waals surface area contributed by atoms with Crippen molar-refractivity contribution >= 4 is 17.5 Å². The summed E-state index contributed by atoms with van der Waals surface area (Å²) in [6, 6.07) is 20.0. The fraction of sp³-hybridized carbons (Fsp3) is 0.160. The average Bonchev–Trinajstić information content (AvgIpc) is 3.44. The smallest absolute Gasteiger partial charge is 0.291 e. The molecule has 2 amide bonds. The molecule has 2 aromatic carbocycles. The monoisotopic (exact) mass is 428 g/mol. The number of aromatic nitrogens is 2. The lowest BCUT2D eigenvalue weighted by Gasteiger charge is -2.18. The first-order valence-corrected chi connectivity index (χ1v) is 10.2. The highest BCUT2D eigenvalue weighted by atomic mass is 16.3. The summed E-state index contributed by atoms with van der Waals surface area (Å²) in [5, 5.41) is 7.40. The van der Waals surface area contributed by atoms with E-state index in [1.165, 1.54) is 6.26 Å². The molecule has 0 aliphatic carbocycles. The van der Waals surface area contributed by atoms with Gasteiger partial charge in [-0.05, 0) is 62.4 Å². The summed E-state index contributed by atoms with van der Waals surface area (Å²) < 4.78 is 6.99. The minimum absolute atomic E-state index is 0.111. The molecule has 0 saturated heterocycles. The Morgan fingerprint density at radius 3 is 2.38 bits per heavy atom. The molecule has 0 aliphatic heterocycles. The summed E-state index contributed by atoms with van der Waals surface area (Å²) in [6.45, 7) is 4.41. The fourth-order valence-electron chi connectivity index (χ4n) is 3.55. The molecular formula is C25H24N4O3. The number of benzene rings is 2. The van der Waals surface area contributed by atoms with Crippen LogP contribution in [0.25, 0.3) is 5.69 Å². The van der Waals surface area contributed by atoms with Crippen molar-refractivity contribution in [3.05, 3.63) is 101 Å². The number of rotatable bonds is 6. The molecule has 0 fully saturated rings. The van der Waals surface area contributed by atoms with Gasteiger partial charge >= 0.3 is 0 Å². The predicted molar refractivity (Wildman–Crippen MR) is 122 cm³/mol. The lowest BCUT2D eigenvalue weighted by atomic mass is 10.1. The van der Waals surface area contributed by atoms with Gasteiger partial charge in [-0.3, -0.25) is 9.59 Å². The lowest BCUT2D eigenvalue weighted by Crippen LogP contribution is -2.26. The topological polar surface area (TPSA) is 80.4 Å². The average molecular weight is 428 g/mol. The number of amides is 2. The molecule has 0 spiro atoms. The van der Waals surface area contributed by atoms with Crippen LogP contribution in [0.3, 0.4) is 0 Å². The van der Waals surface area contributed by atoms with E-state index in [-0.39, 0.29) is 17.6 Å². The first-order valence-electron chi connectivity index (χ1n) is 10.2. The Morgan fingerprint density at radius 1 is 1.00 bits per heavy atom. The molecule has 0 unspecified atom stereocenters. The van der Waals surface area contributed by atoms with Gasteiger partial charge in [0.25, 0.3) is 11.8 Å². The summed E-state index contributed by atoms with van der Waals surface area (Å²) >= 11 is 0. The van der Waals surface area contributed by atoms with Crippen LogP contribution < -0.4 is 5.32 Å². The van der Waals surface area contributed by atoms with Crippen molar-refractivity contribution in [1.82, 2.24) is 14.7 Å². The van der Waals surface area contributed by atoms with Crippen molar-refractivity contribution in [3.8, 4) is 5.69 Å². The summed E-state index contributed by atoms with van der Waals surface area (Å²) in [5.41, 5.74) is 5.02.